The van der Waals surface area contributed by atoms with Gasteiger partial charge in [-0.2, -0.15) is 0 Å². The minimum Gasteiger partial charge on any atom is -0.343 e. The first-order chi connectivity index (χ1) is 14.6. The van der Waals surface area contributed by atoms with Gasteiger partial charge in [0, 0.05) is 13.1 Å². The van der Waals surface area contributed by atoms with Crippen LogP contribution in [0.25, 0.3) is 0 Å². The Balaban J connectivity index is 1.65. The van der Waals surface area contributed by atoms with Gasteiger partial charge in [0.1, 0.15) is 0 Å². The van der Waals surface area contributed by atoms with Crippen LogP contribution >= 0.6 is 0 Å². The van der Waals surface area contributed by atoms with E-state index >= 15 is 0 Å². The SMILES string of the molecule is CCCN(CCC)C(=O)C[C@H](c1ccccc1)N1C(=O)[C@@H]2[C@H](C1=O)[C@H]1C=C[C@H]2CC1. The summed E-state index contributed by atoms with van der Waals surface area (Å²) in [6.07, 6.45) is 8.17. The van der Waals surface area contributed by atoms with E-state index in [0.29, 0.717) is 13.1 Å². The number of allylic oxidation sites excluding steroid dienone is 2. The lowest BCUT2D eigenvalue weighted by molar-refractivity contribution is -0.144. The second kappa shape index (κ2) is 8.75. The molecular formula is C25H32N2O3. The molecular weight excluding hydrogens is 376 g/mol. The Morgan fingerprint density at radius 2 is 1.50 bits per heavy atom. The lowest BCUT2D eigenvalue weighted by Crippen LogP contribution is -2.40. The highest BCUT2D eigenvalue weighted by molar-refractivity contribution is 6.06. The van der Waals surface area contributed by atoms with Crippen molar-refractivity contribution < 1.29 is 14.4 Å². The van der Waals surface area contributed by atoms with Crippen LogP contribution in [0.15, 0.2) is 42.5 Å². The van der Waals surface area contributed by atoms with Gasteiger partial charge in [0.2, 0.25) is 17.7 Å². The maximum atomic E-state index is 13.5. The summed E-state index contributed by atoms with van der Waals surface area (Å²) in [5, 5.41) is 0. The summed E-state index contributed by atoms with van der Waals surface area (Å²) in [7, 11) is 0. The average molecular weight is 409 g/mol. The smallest absolute Gasteiger partial charge is 0.234 e. The van der Waals surface area contributed by atoms with E-state index < -0.39 is 6.04 Å². The van der Waals surface area contributed by atoms with Crippen molar-refractivity contribution in [3.05, 3.63) is 48.0 Å². The van der Waals surface area contributed by atoms with E-state index in [1.807, 2.05) is 35.2 Å². The Morgan fingerprint density at radius 1 is 0.967 bits per heavy atom. The molecule has 5 nitrogen and oxygen atoms in total. The highest BCUT2D eigenvalue weighted by Crippen LogP contribution is 2.51. The standard InChI is InChI=1S/C25H32N2O3/c1-3-14-26(15-4-2)21(28)16-20(17-8-6-5-7-9-17)27-24(29)22-18-10-11-19(13-12-18)23(22)25(27)30/h5-11,18-20,22-23H,3-4,12-16H2,1-2H3/t18-,19-,20+,22-,23+/m0/s1. The van der Waals surface area contributed by atoms with Crippen LogP contribution in [0.4, 0.5) is 0 Å². The van der Waals surface area contributed by atoms with Crippen LogP contribution < -0.4 is 0 Å². The number of carbonyl (C=O) groups is 3. The fraction of sp³-hybridized carbons (Fsp3) is 0.560. The Kier molecular flexibility index (Phi) is 6.07. The Morgan fingerprint density at radius 3 is 1.97 bits per heavy atom. The predicted molar refractivity (Wildman–Crippen MR) is 115 cm³/mol. The molecule has 1 aromatic carbocycles. The quantitative estimate of drug-likeness (QED) is 0.483. The van der Waals surface area contributed by atoms with Crippen LogP contribution in [-0.4, -0.2) is 40.6 Å². The van der Waals surface area contributed by atoms with Crippen LogP contribution in [0.1, 0.15) is 57.6 Å². The van der Waals surface area contributed by atoms with Gasteiger partial charge in [-0.15, -0.1) is 0 Å². The largest absolute Gasteiger partial charge is 0.343 e. The number of imide groups is 1. The summed E-state index contributed by atoms with van der Waals surface area (Å²) >= 11 is 0. The third-order valence-corrected chi connectivity index (χ3v) is 7.00. The molecule has 30 heavy (non-hydrogen) atoms. The molecule has 3 aliphatic carbocycles. The number of hydrogen-bond acceptors (Lipinski definition) is 3. The third-order valence-electron chi connectivity index (χ3n) is 7.00. The minimum absolute atomic E-state index is 0.0177. The number of likely N-dealkylation sites (tertiary alicyclic amines) is 1. The molecule has 5 atom stereocenters. The fourth-order valence-electron chi connectivity index (χ4n) is 5.63. The first kappa shape index (κ1) is 20.8. The van der Waals surface area contributed by atoms with Gasteiger partial charge in [0.25, 0.3) is 0 Å². The van der Waals surface area contributed by atoms with Crippen molar-refractivity contribution in [2.24, 2.45) is 23.7 Å². The van der Waals surface area contributed by atoms with Crippen LogP contribution in [0.5, 0.6) is 0 Å². The monoisotopic (exact) mass is 408 g/mol. The van der Waals surface area contributed by atoms with Crippen molar-refractivity contribution in [2.75, 3.05) is 13.1 Å². The molecule has 1 saturated carbocycles. The molecule has 2 bridgehead atoms. The minimum atomic E-state index is -0.528. The first-order valence-corrected chi connectivity index (χ1v) is 11.4. The van der Waals surface area contributed by atoms with Crippen LogP contribution in [0.3, 0.4) is 0 Å². The molecule has 0 radical (unpaired) electrons. The average Bonchev–Trinajstić information content (AvgIpc) is 3.05. The molecule has 0 unspecified atom stereocenters. The highest BCUT2D eigenvalue weighted by Gasteiger charge is 2.58. The summed E-state index contributed by atoms with van der Waals surface area (Å²) in [5.41, 5.74) is 0.861. The highest BCUT2D eigenvalue weighted by atomic mass is 16.2. The lowest BCUT2D eigenvalue weighted by Gasteiger charge is -2.38. The molecule has 3 amide bonds. The second-order valence-corrected chi connectivity index (χ2v) is 8.90. The van der Waals surface area contributed by atoms with Crippen LogP contribution in [0.2, 0.25) is 0 Å². The molecule has 1 aromatic rings. The summed E-state index contributed by atoms with van der Waals surface area (Å²) in [5.74, 6) is -0.319. The van der Waals surface area contributed by atoms with Crippen LogP contribution in [-0.2, 0) is 14.4 Å². The summed E-state index contributed by atoms with van der Waals surface area (Å²) < 4.78 is 0. The van der Waals surface area contributed by atoms with Crippen molar-refractivity contribution in [1.29, 1.82) is 0 Å². The number of nitrogens with zero attached hydrogens (tertiary/aromatic N) is 2. The van der Waals surface area contributed by atoms with Gasteiger partial charge < -0.3 is 4.90 Å². The van der Waals surface area contributed by atoms with Gasteiger partial charge >= 0.3 is 0 Å². The van der Waals surface area contributed by atoms with Crippen molar-refractivity contribution in [2.45, 2.75) is 52.0 Å². The molecule has 160 valence electrons. The zero-order chi connectivity index (χ0) is 21.3. The lowest BCUT2D eigenvalue weighted by atomic mass is 9.63. The molecule has 4 aliphatic rings. The molecule has 5 heteroatoms. The zero-order valence-corrected chi connectivity index (χ0v) is 18.0. The number of benzene rings is 1. The number of fused-ring (bicyclic) bond motifs is 1. The molecule has 0 aromatic heterocycles. The van der Waals surface area contributed by atoms with Gasteiger partial charge in [-0.1, -0.05) is 56.3 Å². The van der Waals surface area contributed by atoms with E-state index in [1.54, 1.807) is 0 Å². The van der Waals surface area contributed by atoms with Crippen molar-refractivity contribution >= 4 is 17.7 Å². The fourth-order valence-corrected chi connectivity index (χ4v) is 5.63. The van der Waals surface area contributed by atoms with Crippen molar-refractivity contribution in [3.8, 4) is 0 Å². The third kappa shape index (κ3) is 3.59. The molecule has 0 N–H and O–H groups in total. The van der Waals surface area contributed by atoms with Crippen molar-refractivity contribution in [1.82, 2.24) is 9.80 Å². The zero-order valence-electron chi connectivity index (χ0n) is 18.0. The van der Waals surface area contributed by atoms with E-state index in [-0.39, 0.29) is 47.8 Å². The second-order valence-electron chi connectivity index (χ2n) is 8.90. The number of hydrogen-bond donors (Lipinski definition) is 0. The number of rotatable bonds is 8. The van der Waals surface area contributed by atoms with Gasteiger partial charge in [-0.3, -0.25) is 19.3 Å². The topological polar surface area (TPSA) is 57.7 Å². The van der Waals surface area contributed by atoms with E-state index in [1.165, 1.54) is 4.90 Å². The predicted octanol–water partition coefficient (Wildman–Crippen LogP) is 3.96. The van der Waals surface area contributed by atoms with E-state index in [2.05, 4.69) is 26.0 Å². The Hall–Kier alpha value is -2.43. The Bertz CT molecular complexity index is 796. The first-order valence-electron chi connectivity index (χ1n) is 11.4. The van der Waals surface area contributed by atoms with Gasteiger partial charge in [-0.25, -0.2) is 0 Å². The molecule has 1 aliphatic heterocycles. The summed E-state index contributed by atoms with van der Waals surface area (Å²) in [6.45, 7) is 5.53. The number of amides is 3. The molecule has 1 saturated heterocycles. The molecule has 2 fully saturated rings. The molecule has 1 heterocycles. The van der Waals surface area contributed by atoms with Crippen molar-refractivity contribution in [3.63, 3.8) is 0 Å². The normalized spacial score (nSPS) is 28.0. The maximum absolute atomic E-state index is 13.5. The van der Waals surface area contributed by atoms with Gasteiger partial charge in [0.05, 0.1) is 24.3 Å². The van der Waals surface area contributed by atoms with E-state index in [4.69, 9.17) is 0 Å². The van der Waals surface area contributed by atoms with Gasteiger partial charge in [-0.05, 0) is 43.1 Å². The maximum Gasteiger partial charge on any atom is 0.234 e. The van der Waals surface area contributed by atoms with Gasteiger partial charge in [0.15, 0.2) is 0 Å². The molecule has 0 spiro atoms. The van der Waals surface area contributed by atoms with Crippen LogP contribution in [0, 0.1) is 23.7 Å². The summed E-state index contributed by atoms with van der Waals surface area (Å²) in [4.78, 5) is 43.5. The van der Waals surface area contributed by atoms with E-state index in [0.717, 1.165) is 31.2 Å². The number of carbonyl (C=O) groups excluding carboxylic acids is 3. The van der Waals surface area contributed by atoms with E-state index in [9.17, 15) is 14.4 Å². The summed E-state index contributed by atoms with van der Waals surface area (Å²) in [6, 6.07) is 9.06. The Labute approximate surface area is 179 Å². The molecule has 5 rings (SSSR count).